The van der Waals surface area contributed by atoms with Gasteiger partial charge in [-0.25, -0.2) is 0 Å². The molecule has 1 N–H and O–H groups in total. The normalized spacial score (nSPS) is 10.0. The number of rotatable bonds is 3. The predicted octanol–water partition coefficient (Wildman–Crippen LogP) is -1.24. The molecule has 5 nitrogen and oxygen atoms in total. The molecule has 0 aliphatic carbocycles. The summed E-state index contributed by atoms with van der Waals surface area (Å²) < 4.78 is 11.2. The van der Waals surface area contributed by atoms with Gasteiger partial charge < -0.3 is 14.4 Å². The lowest BCUT2D eigenvalue weighted by molar-refractivity contribution is 0.338. The third-order valence-corrected chi connectivity index (χ3v) is 1.50. The Balaban J connectivity index is 2.96. The van der Waals surface area contributed by atoms with Crippen LogP contribution in [-0.4, -0.2) is 36.1 Å². The molecule has 0 saturated carbocycles. The fourth-order valence-electron chi connectivity index (χ4n) is 0.941. The van der Waals surface area contributed by atoms with Crippen molar-refractivity contribution in [3.05, 3.63) is 6.20 Å². The number of hydrogen-bond donors (Lipinski definition) is 1. The minimum Gasteiger partial charge on any atom is -0.480 e. The highest BCUT2D eigenvalue weighted by atomic mass is 16.5. The fraction of sp³-hybridized carbons (Fsp3) is 0.500. The molecule has 0 saturated heterocycles. The van der Waals surface area contributed by atoms with Crippen molar-refractivity contribution in [1.29, 1.82) is 0 Å². The molecule has 0 aromatic carbocycles. The summed E-state index contributed by atoms with van der Waals surface area (Å²) in [5.41, 5.74) is 0.530. The molecule has 0 aliphatic rings. The van der Waals surface area contributed by atoms with Gasteiger partial charge in [-0.2, -0.15) is 0 Å². The molecule has 0 amide bonds. The van der Waals surface area contributed by atoms with Gasteiger partial charge >= 0.3 is 7.12 Å². The Hall–Kier alpha value is -1.01. The van der Waals surface area contributed by atoms with Gasteiger partial charge in [-0.05, 0) is 0 Å². The van der Waals surface area contributed by atoms with E-state index in [-0.39, 0.29) is 0 Å². The summed E-state index contributed by atoms with van der Waals surface area (Å²) in [6.45, 7) is 0. The largest absolute Gasteiger partial charge is 0.498 e. The van der Waals surface area contributed by atoms with Crippen LogP contribution in [0.5, 0.6) is 5.88 Å². The van der Waals surface area contributed by atoms with Gasteiger partial charge in [-0.15, -0.1) is 5.10 Å². The second-order valence-corrected chi connectivity index (χ2v) is 2.36. The lowest BCUT2D eigenvalue weighted by Gasteiger charge is -2.01. The standard InChI is InChI=1S/C6H11BN2O3/c1-9-4-5(7(10)12-3)6(8-9)11-2/h4,10H,1-3H3. The summed E-state index contributed by atoms with van der Waals surface area (Å²) in [7, 11) is 3.67. The van der Waals surface area contributed by atoms with Crippen LogP contribution in [0.1, 0.15) is 0 Å². The van der Waals surface area contributed by atoms with Crippen molar-refractivity contribution in [2.24, 2.45) is 7.05 Å². The van der Waals surface area contributed by atoms with E-state index in [9.17, 15) is 5.02 Å². The molecule has 1 aromatic heterocycles. The van der Waals surface area contributed by atoms with Crippen LogP contribution in [0.3, 0.4) is 0 Å². The van der Waals surface area contributed by atoms with E-state index in [1.54, 1.807) is 17.9 Å². The molecule has 1 aromatic rings. The minimum atomic E-state index is -0.978. The van der Waals surface area contributed by atoms with Crippen LogP contribution in [0, 0.1) is 0 Å². The van der Waals surface area contributed by atoms with Crippen molar-refractivity contribution in [2.45, 2.75) is 0 Å². The average Bonchev–Trinajstić information content (AvgIpc) is 2.45. The van der Waals surface area contributed by atoms with E-state index in [4.69, 9.17) is 9.39 Å². The van der Waals surface area contributed by atoms with Crippen LogP contribution < -0.4 is 10.2 Å². The highest BCUT2D eigenvalue weighted by molar-refractivity contribution is 6.60. The van der Waals surface area contributed by atoms with E-state index >= 15 is 0 Å². The number of aryl methyl sites for hydroxylation is 1. The van der Waals surface area contributed by atoms with Crippen LogP contribution in [-0.2, 0) is 11.7 Å². The van der Waals surface area contributed by atoms with Crippen molar-refractivity contribution in [3.8, 4) is 5.88 Å². The zero-order valence-corrected chi connectivity index (χ0v) is 7.31. The van der Waals surface area contributed by atoms with Crippen molar-refractivity contribution in [3.63, 3.8) is 0 Å². The van der Waals surface area contributed by atoms with Gasteiger partial charge in [0.25, 0.3) is 0 Å². The van der Waals surface area contributed by atoms with E-state index in [0.717, 1.165) is 0 Å². The van der Waals surface area contributed by atoms with Gasteiger partial charge in [0.1, 0.15) is 0 Å². The van der Waals surface area contributed by atoms with Gasteiger partial charge in [0.15, 0.2) is 0 Å². The molecule has 0 spiro atoms. The molecule has 0 bridgehead atoms. The van der Waals surface area contributed by atoms with Gasteiger partial charge in [-0.3, -0.25) is 4.68 Å². The Kier molecular flexibility index (Phi) is 2.72. The maximum absolute atomic E-state index is 9.30. The molecular formula is C6H11BN2O3. The molecule has 1 heterocycles. The summed E-state index contributed by atoms with van der Waals surface area (Å²) in [5, 5.41) is 13.3. The van der Waals surface area contributed by atoms with Gasteiger partial charge in [0.05, 0.1) is 12.6 Å². The summed E-state index contributed by atoms with van der Waals surface area (Å²) in [4.78, 5) is 0. The minimum absolute atomic E-state index is 0.381. The summed E-state index contributed by atoms with van der Waals surface area (Å²) in [5.74, 6) is 0.381. The monoisotopic (exact) mass is 170 g/mol. The smallest absolute Gasteiger partial charge is 0.480 e. The number of aromatic nitrogens is 2. The Bertz CT molecular complexity index is 263. The van der Waals surface area contributed by atoms with Crippen LogP contribution in [0.25, 0.3) is 0 Å². The van der Waals surface area contributed by atoms with E-state index in [1.807, 2.05) is 0 Å². The third kappa shape index (κ3) is 1.59. The van der Waals surface area contributed by atoms with Crippen LogP contribution in [0.2, 0.25) is 0 Å². The van der Waals surface area contributed by atoms with Crippen molar-refractivity contribution in [1.82, 2.24) is 9.78 Å². The van der Waals surface area contributed by atoms with Gasteiger partial charge in [0.2, 0.25) is 5.88 Å². The molecule has 1 rings (SSSR count). The molecule has 0 radical (unpaired) electrons. The zero-order chi connectivity index (χ0) is 9.14. The SMILES string of the molecule is COB(O)c1cn(C)nc1OC. The highest BCUT2D eigenvalue weighted by Gasteiger charge is 2.22. The fourth-order valence-corrected chi connectivity index (χ4v) is 0.941. The van der Waals surface area contributed by atoms with Crippen LogP contribution in [0.15, 0.2) is 6.20 Å². The maximum atomic E-state index is 9.30. The molecular weight excluding hydrogens is 159 g/mol. The molecule has 66 valence electrons. The lowest BCUT2D eigenvalue weighted by Crippen LogP contribution is -2.32. The topological polar surface area (TPSA) is 56.5 Å². The molecule has 6 heteroatoms. The van der Waals surface area contributed by atoms with E-state index in [1.165, 1.54) is 14.2 Å². The first kappa shape index (κ1) is 9.09. The third-order valence-electron chi connectivity index (χ3n) is 1.50. The molecule has 0 fully saturated rings. The average molecular weight is 170 g/mol. The van der Waals surface area contributed by atoms with Gasteiger partial charge in [-0.1, -0.05) is 0 Å². The summed E-state index contributed by atoms with van der Waals surface area (Å²) in [6, 6.07) is 0. The molecule has 12 heavy (non-hydrogen) atoms. The van der Waals surface area contributed by atoms with Gasteiger partial charge in [0, 0.05) is 20.4 Å². The Morgan fingerprint density at radius 2 is 2.25 bits per heavy atom. The first-order valence-corrected chi connectivity index (χ1v) is 3.47. The Labute approximate surface area is 71.0 Å². The van der Waals surface area contributed by atoms with Crippen LogP contribution in [0.4, 0.5) is 0 Å². The first-order chi connectivity index (χ1) is 5.69. The highest BCUT2D eigenvalue weighted by Crippen LogP contribution is 2.01. The molecule has 0 aliphatic heterocycles. The maximum Gasteiger partial charge on any atom is 0.498 e. The van der Waals surface area contributed by atoms with Crippen molar-refractivity contribution >= 4 is 12.6 Å². The second-order valence-electron chi connectivity index (χ2n) is 2.36. The number of nitrogens with zero attached hydrogens (tertiary/aromatic N) is 2. The number of ether oxygens (including phenoxy) is 1. The second kappa shape index (κ2) is 3.60. The number of methoxy groups -OCH3 is 1. The first-order valence-electron chi connectivity index (χ1n) is 3.47. The number of hydrogen-bond acceptors (Lipinski definition) is 4. The van der Waals surface area contributed by atoms with E-state index in [0.29, 0.717) is 11.3 Å². The summed E-state index contributed by atoms with van der Waals surface area (Å²) in [6.07, 6.45) is 1.65. The Morgan fingerprint density at radius 3 is 2.75 bits per heavy atom. The van der Waals surface area contributed by atoms with Crippen LogP contribution >= 0.6 is 0 Å². The predicted molar refractivity (Wildman–Crippen MR) is 44.4 cm³/mol. The van der Waals surface area contributed by atoms with E-state index in [2.05, 4.69) is 5.10 Å². The Morgan fingerprint density at radius 1 is 1.58 bits per heavy atom. The van der Waals surface area contributed by atoms with E-state index < -0.39 is 7.12 Å². The molecule has 0 atom stereocenters. The van der Waals surface area contributed by atoms with Crippen molar-refractivity contribution in [2.75, 3.05) is 14.2 Å². The lowest BCUT2D eigenvalue weighted by atomic mass is 9.82. The quantitative estimate of drug-likeness (QED) is 0.576. The zero-order valence-electron chi connectivity index (χ0n) is 7.31. The van der Waals surface area contributed by atoms with Crippen molar-refractivity contribution < 1.29 is 14.4 Å². The summed E-state index contributed by atoms with van der Waals surface area (Å²) >= 11 is 0. The molecule has 0 unspecified atom stereocenters.